The lowest BCUT2D eigenvalue weighted by Gasteiger charge is -2.11. The molecule has 152 valence electrons. The number of nitrogens with one attached hydrogen (secondary N) is 1. The Kier molecular flexibility index (Phi) is 6.39. The zero-order valence-electron chi connectivity index (χ0n) is 16.7. The van der Waals surface area contributed by atoms with Crippen molar-refractivity contribution in [2.24, 2.45) is 7.05 Å². The van der Waals surface area contributed by atoms with Gasteiger partial charge in [-0.15, -0.1) is 0 Å². The molecular formula is C22H24N2O5. The first-order valence-corrected chi connectivity index (χ1v) is 9.22. The first kappa shape index (κ1) is 20.3. The highest BCUT2D eigenvalue weighted by atomic mass is 16.5. The molecule has 7 heteroatoms. The Bertz CT molecular complexity index is 1070. The average Bonchev–Trinajstić information content (AvgIpc) is 2.74. The molecule has 3 rings (SSSR count). The molecule has 1 heterocycles. The second-order valence-electron chi connectivity index (χ2n) is 6.53. The summed E-state index contributed by atoms with van der Waals surface area (Å²) in [5, 5.41) is 4.08. The van der Waals surface area contributed by atoms with Gasteiger partial charge < -0.3 is 24.1 Å². The van der Waals surface area contributed by atoms with Gasteiger partial charge >= 0.3 is 0 Å². The van der Waals surface area contributed by atoms with Crippen molar-refractivity contribution in [3.8, 4) is 17.2 Å². The number of aromatic nitrogens is 1. The topological polar surface area (TPSA) is 78.8 Å². The molecule has 0 spiro atoms. The fourth-order valence-electron chi connectivity index (χ4n) is 3.05. The molecule has 0 bridgehead atoms. The number of pyridine rings is 1. The van der Waals surface area contributed by atoms with Crippen molar-refractivity contribution in [3.05, 3.63) is 64.6 Å². The van der Waals surface area contributed by atoms with E-state index in [-0.39, 0.29) is 18.1 Å². The highest BCUT2D eigenvalue weighted by molar-refractivity contribution is 5.88. The van der Waals surface area contributed by atoms with Crippen molar-refractivity contribution in [1.82, 2.24) is 9.88 Å². The molecule has 3 aromatic rings. The molecule has 29 heavy (non-hydrogen) atoms. The maximum absolute atomic E-state index is 12.2. The Balaban J connectivity index is 1.55. The van der Waals surface area contributed by atoms with Gasteiger partial charge in [0.25, 0.3) is 11.5 Å². The summed E-state index contributed by atoms with van der Waals surface area (Å²) in [6, 6.07) is 12.7. The summed E-state index contributed by atoms with van der Waals surface area (Å²) in [7, 11) is 4.87. The minimum absolute atomic E-state index is 0.104. The summed E-state index contributed by atoms with van der Waals surface area (Å²) in [5.74, 6) is 1.60. The van der Waals surface area contributed by atoms with Crippen molar-refractivity contribution < 1.29 is 19.0 Å². The Morgan fingerprint density at radius 3 is 2.55 bits per heavy atom. The quantitative estimate of drug-likeness (QED) is 0.632. The predicted octanol–water partition coefficient (Wildman–Crippen LogP) is 2.29. The largest absolute Gasteiger partial charge is 0.493 e. The molecule has 0 saturated heterocycles. The van der Waals surface area contributed by atoms with E-state index < -0.39 is 0 Å². The maximum atomic E-state index is 12.2. The molecule has 0 saturated carbocycles. The molecule has 7 nitrogen and oxygen atoms in total. The average molecular weight is 396 g/mol. The minimum atomic E-state index is -0.230. The summed E-state index contributed by atoms with van der Waals surface area (Å²) in [6.07, 6.45) is 2.33. The third kappa shape index (κ3) is 4.68. The number of ether oxygens (including phenoxy) is 3. The van der Waals surface area contributed by atoms with Crippen LogP contribution in [0.15, 0.2) is 53.5 Å². The SMILES string of the molecule is COc1ccc(CCNC(=O)COc2cccc3c(=O)n(C)ccc23)cc1OC. The molecule has 1 amide bonds. The van der Waals surface area contributed by atoms with E-state index in [4.69, 9.17) is 14.2 Å². The maximum Gasteiger partial charge on any atom is 0.258 e. The van der Waals surface area contributed by atoms with Crippen LogP contribution < -0.4 is 25.1 Å². The number of benzene rings is 2. The fraction of sp³-hybridized carbons (Fsp3) is 0.273. The molecule has 0 aliphatic rings. The first-order chi connectivity index (χ1) is 14.0. The van der Waals surface area contributed by atoms with Crippen LogP contribution in [0, 0.1) is 0 Å². The van der Waals surface area contributed by atoms with Crippen molar-refractivity contribution in [3.63, 3.8) is 0 Å². The van der Waals surface area contributed by atoms with Gasteiger partial charge in [-0.3, -0.25) is 9.59 Å². The van der Waals surface area contributed by atoms with Crippen LogP contribution in [0.1, 0.15) is 5.56 Å². The summed E-state index contributed by atoms with van der Waals surface area (Å²) < 4.78 is 17.7. The van der Waals surface area contributed by atoms with Crippen molar-refractivity contribution in [1.29, 1.82) is 0 Å². The van der Waals surface area contributed by atoms with E-state index in [1.165, 1.54) is 4.57 Å². The number of nitrogens with zero attached hydrogens (tertiary/aromatic N) is 1. The molecular weight excluding hydrogens is 372 g/mol. The Labute approximate surface area is 168 Å². The smallest absolute Gasteiger partial charge is 0.258 e. The lowest BCUT2D eigenvalue weighted by atomic mass is 10.1. The summed E-state index contributed by atoms with van der Waals surface area (Å²) in [4.78, 5) is 24.3. The lowest BCUT2D eigenvalue weighted by Crippen LogP contribution is -2.30. The van der Waals surface area contributed by atoms with Gasteiger partial charge in [0.05, 0.1) is 19.6 Å². The highest BCUT2D eigenvalue weighted by Gasteiger charge is 2.09. The number of hydrogen-bond acceptors (Lipinski definition) is 5. The van der Waals surface area contributed by atoms with E-state index in [2.05, 4.69) is 5.32 Å². The third-order valence-electron chi connectivity index (χ3n) is 4.62. The van der Waals surface area contributed by atoms with Crippen LogP contribution in [-0.2, 0) is 18.3 Å². The van der Waals surface area contributed by atoms with Gasteiger partial charge in [-0.2, -0.15) is 0 Å². The van der Waals surface area contributed by atoms with Gasteiger partial charge in [0.1, 0.15) is 5.75 Å². The number of aryl methyl sites for hydroxylation is 1. The van der Waals surface area contributed by atoms with E-state index in [1.54, 1.807) is 51.7 Å². The van der Waals surface area contributed by atoms with Crippen LogP contribution >= 0.6 is 0 Å². The number of carbonyl (C=O) groups excluding carboxylic acids is 1. The first-order valence-electron chi connectivity index (χ1n) is 9.22. The van der Waals surface area contributed by atoms with Gasteiger partial charge in [0.15, 0.2) is 18.1 Å². The van der Waals surface area contributed by atoms with E-state index in [0.29, 0.717) is 41.0 Å². The molecule has 0 aliphatic heterocycles. The number of methoxy groups -OCH3 is 2. The summed E-state index contributed by atoms with van der Waals surface area (Å²) in [6.45, 7) is 0.341. The van der Waals surface area contributed by atoms with Crippen LogP contribution in [0.2, 0.25) is 0 Å². The number of carbonyl (C=O) groups is 1. The number of fused-ring (bicyclic) bond motifs is 1. The van der Waals surface area contributed by atoms with Gasteiger partial charge in [0, 0.05) is 25.2 Å². The van der Waals surface area contributed by atoms with E-state index in [0.717, 1.165) is 5.56 Å². The highest BCUT2D eigenvalue weighted by Crippen LogP contribution is 2.27. The molecule has 1 N–H and O–H groups in total. The van der Waals surface area contributed by atoms with E-state index in [1.807, 2.05) is 18.2 Å². The molecule has 1 aromatic heterocycles. The zero-order valence-corrected chi connectivity index (χ0v) is 16.7. The number of rotatable bonds is 8. The standard InChI is InChI=1S/C22H24N2O5/c1-24-12-10-16-17(22(24)26)5-4-6-18(16)29-14-21(25)23-11-9-15-7-8-19(27-2)20(13-15)28-3/h4-8,10,12-13H,9,11,14H2,1-3H3,(H,23,25). The molecule has 0 atom stereocenters. The second kappa shape index (κ2) is 9.14. The Morgan fingerprint density at radius 2 is 1.79 bits per heavy atom. The minimum Gasteiger partial charge on any atom is -0.493 e. The Hall–Kier alpha value is -3.48. The van der Waals surface area contributed by atoms with E-state index >= 15 is 0 Å². The number of hydrogen-bond donors (Lipinski definition) is 1. The molecule has 0 aliphatic carbocycles. The van der Waals surface area contributed by atoms with Crippen molar-refractivity contribution in [2.45, 2.75) is 6.42 Å². The summed E-state index contributed by atoms with van der Waals surface area (Å²) in [5.41, 5.74) is 0.918. The van der Waals surface area contributed by atoms with Crippen molar-refractivity contribution >= 4 is 16.7 Å². The van der Waals surface area contributed by atoms with Crippen LogP contribution in [-0.4, -0.2) is 37.8 Å². The lowest BCUT2D eigenvalue weighted by molar-refractivity contribution is -0.123. The zero-order chi connectivity index (χ0) is 20.8. The van der Waals surface area contributed by atoms with Crippen LogP contribution in [0.25, 0.3) is 10.8 Å². The van der Waals surface area contributed by atoms with Crippen LogP contribution in [0.3, 0.4) is 0 Å². The van der Waals surface area contributed by atoms with E-state index in [9.17, 15) is 9.59 Å². The second-order valence-corrected chi connectivity index (χ2v) is 6.53. The van der Waals surface area contributed by atoms with Crippen molar-refractivity contribution in [2.75, 3.05) is 27.4 Å². The number of amides is 1. The fourth-order valence-corrected chi connectivity index (χ4v) is 3.05. The normalized spacial score (nSPS) is 10.6. The third-order valence-corrected chi connectivity index (χ3v) is 4.62. The molecule has 2 aromatic carbocycles. The summed E-state index contributed by atoms with van der Waals surface area (Å²) >= 11 is 0. The monoisotopic (exact) mass is 396 g/mol. The van der Waals surface area contributed by atoms with Gasteiger partial charge in [-0.1, -0.05) is 12.1 Å². The Morgan fingerprint density at radius 1 is 1.00 bits per heavy atom. The predicted molar refractivity (Wildman–Crippen MR) is 111 cm³/mol. The van der Waals surface area contributed by atoms with Gasteiger partial charge in [0.2, 0.25) is 0 Å². The van der Waals surface area contributed by atoms with Crippen LogP contribution in [0.4, 0.5) is 0 Å². The van der Waals surface area contributed by atoms with Gasteiger partial charge in [-0.25, -0.2) is 0 Å². The molecule has 0 radical (unpaired) electrons. The molecule has 0 unspecified atom stereocenters. The van der Waals surface area contributed by atoms with Gasteiger partial charge in [-0.05, 0) is 42.3 Å². The molecule has 0 fully saturated rings. The van der Waals surface area contributed by atoms with Crippen LogP contribution in [0.5, 0.6) is 17.2 Å².